The molecule has 1 aliphatic carbocycles. The SMILES string of the molecule is CCCOC(=O)c1nc2cc(C)c(C)cc2nc1NCCC1=CCCCC1. The third-order valence-electron chi connectivity index (χ3n) is 5.03. The summed E-state index contributed by atoms with van der Waals surface area (Å²) in [4.78, 5) is 21.8. The normalized spacial score (nSPS) is 14.1. The number of nitrogens with one attached hydrogen (secondary N) is 1. The number of rotatable bonds is 7. The maximum Gasteiger partial charge on any atom is 0.360 e. The van der Waals surface area contributed by atoms with Crippen LogP contribution >= 0.6 is 0 Å². The van der Waals surface area contributed by atoms with Gasteiger partial charge < -0.3 is 10.1 Å². The molecule has 0 unspecified atom stereocenters. The summed E-state index contributed by atoms with van der Waals surface area (Å²) in [6.45, 7) is 7.20. The van der Waals surface area contributed by atoms with Gasteiger partial charge in [-0.3, -0.25) is 0 Å². The number of aromatic nitrogens is 2. The highest BCUT2D eigenvalue weighted by Gasteiger charge is 2.18. The van der Waals surface area contributed by atoms with Crippen LogP contribution in [0, 0.1) is 13.8 Å². The van der Waals surface area contributed by atoms with Crippen molar-refractivity contribution in [3.8, 4) is 0 Å². The molecule has 2 aromatic rings. The highest BCUT2D eigenvalue weighted by molar-refractivity contribution is 5.95. The van der Waals surface area contributed by atoms with E-state index < -0.39 is 5.97 Å². The van der Waals surface area contributed by atoms with E-state index in [1.807, 2.05) is 26.0 Å². The lowest BCUT2D eigenvalue weighted by atomic mass is 9.97. The number of hydrogen-bond donors (Lipinski definition) is 1. The van der Waals surface area contributed by atoms with Crippen molar-refractivity contribution in [3.05, 3.63) is 40.6 Å². The molecule has 5 nitrogen and oxygen atoms in total. The average Bonchev–Trinajstić information content (AvgIpc) is 2.67. The largest absolute Gasteiger partial charge is 0.461 e. The van der Waals surface area contributed by atoms with E-state index in [9.17, 15) is 4.79 Å². The molecule has 0 fully saturated rings. The Balaban J connectivity index is 1.85. The molecule has 0 atom stereocenters. The van der Waals surface area contributed by atoms with E-state index in [-0.39, 0.29) is 5.69 Å². The third kappa shape index (κ3) is 4.85. The minimum Gasteiger partial charge on any atom is -0.461 e. The van der Waals surface area contributed by atoms with E-state index in [1.54, 1.807) is 0 Å². The topological polar surface area (TPSA) is 64.1 Å². The maximum atomic E-state index is 12.5. The minimum absolute atomic E-state index is 0.275. The van der Waals surface area contributed by atoms with Gasteiger partial charge in [-0.15, -0.1) is 0 Å². The Hall–Kier alpha value is -2.43. The van der Waals surface area contributed by atoms with Crippen molar-refractivity contribution in [3.63, 3.8) is 0 Å². The van der Waals surface area contributed by atoms with Gasteiger partial charge >= 0.3 is 5.97 Å². The lowest BCUT2D eigenvalue weighted by molar-refractivity contribution is 0.0499. The summed E-state index contributed by atoms with van der Waals surface area (Å²) in [7, 11) is 0. The summed E-state index contributed by atoms with van der Waals surface area (Å²) in [5, 5.41) is 3.33. The lowest BCUT2D eigenvalue weighted by Crippen LogP contribution is -2.15. The van der Waals surface area contributed by atoms with Gasteiger partial charge in [0.05, 0.1) is 17.6 Å². The first-order valence-corrected chi connectivity index (χ1v) is 9.96. The number of aryl methyl sites for hydroxylation is 2. The van der Waals surface area contributed by atoms with Gasteiger partial charge in [0.15, 0.2) is 11.5 Å². The van der Waals surface area contributed by atoms with Gasteiger partial charge in [0, 0.05) is 6.54 Å². The van der Waals surface area contributed by atoms with Gasteiger partial charge in [0.25, 0.3) is 0 Å². The van der Waals surface area contributed by atoms with Gasteiger partial charge in [0.2, 0.25) is 0 Å². The Labute approximate surface area is 161 Å². The van der Waals surface area contributed by atoms with Crippen molar-refractivity contribution >= 4 is 22.8 Å². The molecule has 0 saturated heterocycles. The average molecular weight is 367 g/mol. The fourth-order valence-electron chi connectivity index (χ4n) is 3.31. The molecule has 1 aromatic carbocycles. The standard InChI is InChI=1S/C22H29N3O2/c1-4-12-27-22(26)20-21(23-11-10-17-8-6-5-7-9-17)25-19-14-16(3)15(2)13-18(19)24-20/h8,13-14H,4-7,9-12H2,1-3H3,(H,23,25). The Kier molecular flexibility index (Phi) is 6.43. The van der Waals surface area contributed by atoms with Crippen molar-refractivity contribution < 1.29 is 9.53 Å². The summed E-state index contributed by atoms with van der Waals surface area (Å²) in [6, 6.07) is 4.00. The van der Waals surface area contributed by atoms with Crippen LogP contribution in [0.3, 0.4) is 0 Å². The van der Waals surface area contributed by atoms with Gasteiger partial charge in [-0.2, -0.15) is 0 Å². The van der Waals surface area contributed by atoms with Crippen molar-refractivity contribution in [2.24, 2.45) is 0 Å². The Morgan fingerprint density at radius 1 is 1.15 bits per heavy atom. The van der Waals surface area contributed by atoms with Gasteiger partial charge in [-0.05, 0) is 75.6 Å². The number of anilines is 1. The fraction of sp³-hybridized carbons (Fsp3) is 0.500. The molecule has 1 heterocycles. The van der Waals surface area contributed by atoms with Gasteiger partial charge in [-0.25, -0.2) is 14.8 Å². The Morgan fingerprint density at radius 2 is 1.89 bits per heavy atom. The summed E-state index contributed by atoms with van der Waals surface area (Å²) in [5.41, 5.74) is 5.58. The first-order chi connectivity index (χ1) is 13.1. The molecule has 0 radical (unpaired) electrons. The molecule has 5 heteroatoms. The molecule has 0 saturated carbocycles. The van der Waals surface area contributed by atoms with Crippen molar-refractivity contribution in [2.45, 2.75) is 59.3 Å². The quantitative estimate of drug-likeness (QED) is 0.544. The number of esters is 1. The molecule has 1 N–H and O–H groups in total. The highest BCUT2D eigenvalue weighted by atomic mass is 16.5. The van der Waals surface area contributed by atoms with Crippen LogP contribution in [0.2, 0.25) is 0 Å². The number of benzene rings is 1. The zero-order chi connectivity index (χ0) is 19.2. The minimum atomic E-state index is -0.413. The van der Waals surface area contributed by atoms with Crippen LogP contribution in [0.25, 0.3) is 11.0 Å². The van der Waals surface area contributed by atoms with Crippen LogP contribution < -0.4 is 5.32 Å². The molecule has 0 bridgehead atoms. The highest BCUT2D eigenvalue weighted by Crippen LogP contribution is 2.23. The number of allylic oxidation sites excluding steroid dienone is 1. The first-order valence-electron chi connectivity index (χ1n) is 9.96. The van der Waals surface area contributed by atoms with Crippen LogP contribution in [0.4, 0.5) is 5.82 Å². The molecule has 0 spiro atoms. The van der Waals surface area contributed by atoms with Crippen LogP contribution in [-0.2, 0) is 4.74 Å². The van der Waals surface area contributed by atoms with Crippen LogP contribution in [-0.4, -0.2) is 29.1 Å². The molecular weight excluding hydrogens is 338 g/mol. The number of fused-ring (bicyclic) bond motifs is 1. The molecule has 0 aliphatic heterocycles. The summed E-state index contributed by atoms with van der Waals surface area (Å²) < 4.78 is 5.32. The molecule has 1 aliphatic rings. The van der Waals surface area contributed by atoms with E-state index >= 15 is 0 Å². The van der Waals surface area contributed by atoms with Crippen LogP contribution in [0.1, 0.15) is 67.1 Å². The van der Waals surface area contributed by atoms with Gasteiger partial charge in [-0.1, -0.05) is 18.6 Å². The zero-order valence-corrected chi connectivity index (χ0v) is 16.6. The smallest absolute Gasteiger partial charge is 0.360 e. The van der Waals surface area contributed by atoms with Crippen molar-refractivity contribution in [1.29, 1.82) is 0 Å². The number of hydrogen-bond acceptors (Lipinski definition) is 5. The molecule has 27 heavy (non-hydrogen) atoms. The van der Waals surface area contributed by atoms with E-state index in [2.05, 4.69) is 23.3 Å². The molecule has 144 valence electrons. The summed E-state index contributed by atoms with van der Waals surface area (Å²) in [5.74, 6) is 0.104. The monoisotopic (exact) mass is 367 g/mol. The van der Waals surface area contributed by atoms with Gasteiger partial charge in [0.1, 0.15) is 0 Å². The van der Waals surface area contributed by atoms with E-state index in [1.165, 1.54) is 31.3 Å². The second-order valence-electron chi connectivity index (χ2n) is 7.27. The zero-order valence-electron chi connectivity index (χ0n) is 16.6. The summed E-state index contributed by atoms with van der Waals surface area (Å²) in [6.07, 6.45) is 9.01. The van der Waals surface area contributed by atoms with Crippen LogP contribution in [0.15, 0.2) is 23.8 Å². The molecular formula is C22H29N3O2. The molecule has 0 amide bonds. The van der Waals surface area contributed by atoms with Crippen LogP contribution in [0.5, 0.6) is 0 Å². The predicted octanol–water partition coefficient (Wildman–Crippen LogP) is 5.12. The first kappa shape index (κ1) is 19.3. The van der Waals surface area contributed by atoms with E-state index in [0.29, 0.717) is 12.4 Å². The fourth-order valence-corrected chi connectivity index (χ4v) is 3.31. The second kappa shape index (κ2) is 8.98. The predicted molar refractivity (Wildman–Crippen MR) is 109 cm³/mol. The van der Waals surface area contributed by atoms with E-state index in [0.717, 1.165) is 41.5 Å². The Bertz CT molecular complexity index is 858. The number of carbonyl (C=O) groups excluding carboxylic acids is 1. The Morgan fingerprint density at radius 3 is 2.56 bits per heavy atom. The number of carbonyl (C=O) groups is 1. The van der Waals surface area contributed by atoms with Crippen molar-refractivity contribution in [1.82, 2.24) is 9.97 Å². The molecule has 1 aromatic heterocycles. The lowest BCUT2D eigenvalue weighted by Gasteiger charge is -2.15. The second-order valence-corrected chi connectivity index (χ2v) is 7.27. The van der Waals surface area contributed by atoms with Crippen molar-refractivity contribution in [2.75, 3.05) is 18.5 Å². The molecule has 3 rings (SSSR count). The van der Waals surface area contributed by atoms with E-state index in [4.69, 9.17) is 9.72 Å². The number of nitrogens with zero attached hydrogens (tertiary/aromatic N) is 2. The maximum absolute atomic E-state index is 12.5. The third-order valence-corrected chi connectivity index (χ3v) is 5.03. The number of ether oxygens (including phenoxy) is 1. The summed E-state index contributed by atoms with van der Waals surface area (Å²) >= 11 is 0.